The van der Waals surface area contributed by atoms with E-state index in [4.69, 9.17) is 106 Å². The molecular weight excluding hydrogens is 955 g/mol. The van der Waals surface area contributed by atoms with Gasteiger partial charge in [0, 0.05) is 41.5 Å². The molecule has 5 fully saturated rings. The molecule has 0 aromatic rings. The number of carbonyl (C=O) groups is 7. The predicted octanol–water partition coefficient (Wildman–Crippen LogP) is 1.13. The normalized spacial score (nSPS) is 35.5. The Labute approximate surface area is 393 Å². The minimum absolute atomic E-state index is 0.400. The number of alkyl carbamates (subject to hydrolysis) is 1. The molecule has 5 aliphatic rings. The molecule has 24 nitrogen and oxygen atoms in total. The fraction of sp³-hybridized carbons (Fsp3) is 0.821. The van der Waals surface area contributed by atoms with Gasteiger partial charge in [-0.3, -0.25) is 28.8 Å². The highest BCUT2D eigenvalue weighted by atomic mass is 35.6. The van der Waals surface area contributed by atoms with Crippen molar-refractivity contribution in [2.75, 3.05) is 26.4 Å². The highest BCUT2D eigenvalue weighted by molar-refractivity contribution is 6.67. The van der Waals surface area contributed by atoms with Crippen molar-refractivity contribution in [3.63, 3.8) is 0 Å². The highest BCUT2D eigenvalue weighted by Crippen LogP contribution is 2.44. The van der Waals surface area contributed by atoms with Crippen molar-refractivity contribution in [1.29, 1.82) is 0 Å². The summed E-state index contributed by atoms with van der Waals surface area (Å²) in [5.74, 6) is -7.19. The van der Waals surface area contributed by atoms with Gasteiger partial charge in [0.2, 0.25) is 9.70 Å². The van der Waals surface area contributed by atoms with E-state index in [2.05, 4.69) is 10.6 Å². The van der Waals surface area contributed by atoms with E-state index in [1.165, 1.54) is 0 Å². The average molecular weight is 1010 g/mol. The molecule has 2 amide bonds. The summed E-state index contributed by atoms with van der Waals surface area (Å²) in [4.78, 5) is 88.6. The van der Waals surface area contributed by atoms with Crippen molar-refractivity contribution in [2.45, 2.75) is 177 Å². The fourth-order valence-electron chi connectivity index (χ4n) is 7.93. The monoisotopic (exact) mass is 1010 g/mol. The van der Waals surface area contributed by atoms with Crippen LogP contribution in [-0.2, 0) is 99.8 Å². The Morgan fingerprint density at radius 3 is 1.55 bits per heavy atom. The lowest BCUT2D eigenvalue weighted by Crippen LogP contribution is -2.71. The third-order valence-electron chi connectivity index (χ3n) is 10.1. The van der Waals surface area contributed by atoms with Crippen LogP contribution in [0.1, 0.15) is 69.2 Å². The van der Waals surface area contributed by atoms with Gasteiger partial charge in [0.25, 0.3) is 0 Å². The summed E-state index contributed by atoms with van der Waals surface area (Å²) in [5.41, 5.74) is 0. The average Bonchev–Trinajstić information content (AvgIpc) is 3.67. The number of esters is 5. The molecule has 15 atom stereocenters. The number of nitrogens with one attached hydrogen (secondary N) is 2. The summed E-state index contributed by atoms with van der Waals surface area (Å²) >= 11 is 17.6. The minimum atomic E-state index is -2.09. The van der Waals surface area contributed by atoms with Gasteiger partial charge in [0.05, 0.1) is 6.61 Å². The number of hydrogen-bond acceptors (Lipinski definition) is 22. The SMILES string of the molecule is CC(=O)N[C@H]1[C@@H](O[C@@H]2[C@@H](NC(=O)OCC(Cl)(Cl)Cl)[C@H](OC[C@H]3O[C@@H]4OC(C)(C)O[C@@H]4[C@H]4OC(C)(C)O[C@H]43)O[C@H](COC(C)=O)[C@H]2OC(C)=O)O[C@H](COC(C)=O)[C@@H](OC(C)=O)[C@@H]1OC(C)=O. The van der Waals surface area contributed by atoms with Crippen molar-refractivity contribution >= 4 is 76.6 Å². The van der Waals surface area contributed by atoms with Crippen LogP contribution in [-0.4, -0.2) is 176 Å². The van der Waals surface area contributed by atoms with Crippen LogP contribution in [0.4, 0.5) is 4.79 Å². The molecule has 0 saturated carbocycles. The molecule has 5 rings (SSSR count). The second-order valence-corrected chi connectivity index (χ2v) is 19.2. The van der Waals surface area contributed by atoms with E-state index >= 15 is 0 Å². The number of ether oxygens (including phenoxy) is 15. The van der Waals surface area contributed by atoms with Gasteiger partial charge in [-0.1, -0.05) is 34.8 Å². The van der Waals surface area contributed by atoms with Crippen molar-refractivity contribution in [1.82, 2.24) is 10.6 Å². The number of hydrogen-bond donors (Lipinski definition) is 2. The number of carbonyl (C=O) groups excluding carboxylic acids is 7. The van der Waals surface area contributed by atoms with E-state index in [-0.39, 0.29) is 0 Å². The van der Waals surface area contributed by atoms with Crippen LogP contribution in [0, 0.1) is 0 Å². The minimum Gasteiger partial charge on any atom is -0.463 e. The summed E-state index contributed by atoms with van der Waals surface area (Å²) in [7, 11) is 0. The third-order valence-corrected chi connectivity index (χ3v) is 10.4. The number of fused-ring (bicyclic) bond motifs is 3. The Bertz CT molecular complexity index is 1800. The second kappa shape index (κ2) is 21.9. The zero-order valence-electron chi connectivity index (χ0n) is 37.6. The molecule has 5 heterocycles. The van der Waals surface area contributed by atoms with Gasteiger partial charge >= 0.3 is 35.9 Å². The van der Waals surface area contributed by atoms with Gasteiger partial charge in [0.1, 0.15) is 74.6 Å². The van der Waals surface area contributed by atoms with Crippen LogP contribution in [0.3, 0.4) is 0 Å². The zero-order chi connectivity index (χ0) is 49.1. The summed E-state index contributed by atoms with van der Waals surface area (Å²) in [6.07, 6.45) is -18.5. The molecule has 0 unspecified atom stereocenters. The molecule has 0 aliphatic carbocycles. The topological polar surface area (TPSA) is 282 Å². The van der Waals surface area contributed by atoms with E-state index in [1.54, 1.807) is 27.7 Å². The van der Waals surface area contributed by atoms with Crippen molar-refractivity contribution in [3.05, 3.63) is 0 Å². The van der Waals surface area contributed by atoms with E-state index in [0.29, 0.717) is 0 Å². The van der Waals surface area contributed by atoms with Crippen LogP contribution in [0.15, 0.2) is 0 Å². The van der Waals surface area contributed by atoms with Gasteiger partial charge < -0.3 is 81.7 Å². The highest BCUT2D eigenvalue weighted by Gasteiger charge is 2.62. The lowest BCUT2D eigenvalue weighted by Gasteiger charge is -2.50. The van der Waals surface area contributed by atoms with Crippen LogP contribution < -0.4 is 10.6 Å². The lowest BCUT2D eigenvalue weighted by atomic mass is 9.93. The predicted molar refractivity (Wildman–Crippen MR) is 217 cm³/mol. The van der Waals surface area contributed by atoms with Crippen LogP contribution >= 0.6 is 34.8 Å². The Morgan fingerprint density at radius 1 is 0.530 bits per heavy atom. The quantitative estimate of drug-likeness (QED) is 0.132. The molecule has 0 spiro atoms. The van der Waals surface area contributed by atoms with E-state index in [9.17, 15) is 33.6 Å². The first kappa shape index (κ1) is 53.6. The molecule has 0 bridgehead atoms. The molecule has 0 aromatic heterocycles. The van der Waals surface area contributed by atoms with Crippen molar-refractivity contribution in [2.24, 2.45) is 0 Å². The summed E-state index contributed by atoms with van der Waals surface area (Å²) < 4.78 is 87.0. The maximum Gasteiger partial charge on any atom is 0.407 e. The summed E-state index contributed by atoms with van der Waals surface area (Å²) in [6.45, 7) is 10.8. The van der Waals surface area contributed by atoms with Crippen LogP contribution in [0.2, 0.25) is 0 Å². The zero-order valence-corrected chi connectivity index (χ0v) is 39.9. The summed E-state index contributed by atoms with van der Waals surface area (Å²) in [6, 6.07) is -3.25. The molecular formula is C39H55Cl3N2O22. The van der Waals surface area contributed by atoms with E-state index < -0.39 is 176 Å². The first-order valence-corrected chi connectivity index (χ1v) is 21.8. The van der Waals surface area contributed by atoms with Crippen LogP contribution in [0.25, 0.3) is 0 Å². The van der Waals surface area contributed by atoms with Gasteiger partial charge in [-0.15, -0.1) is 0 Å². The standard InChI is InChI=1S/C39H55Cl3N2O22/c1-15(45)43-25-29(58-20(6)50)26(56-18(4)48)22(12-53-17(3)47)60-34(25)62-30-24(44-36(51)55-14-39(40,41)42)33(59-21(11-52-16(2)46)27(30)57-19(5)49)54-13-23-28-31(64-37(7,8)63-28)32-35(61-23)66-38(9,10)65-32/h21-35H,11-14H2,1-10H3,(H,43,45)(H,44,51)/t21-,22-,23-,24-,25-,26-,27-,28+,29-,30-,31+,32-,33-,34-,35-/m1/s1. The number of rotatable bonds is 15. The lowest BCUT2D eigenvalue weighted by molar-refractivity contribution is -0.335. The maximum absolute atomic E-state index is 13.6. The van der Waals surface area contributed by atoms with Gasteiger partial charge in [-0.05, 0) is 27.7 Å². The largest absolute Gasteiger partial charge is 0.463 e. The molecule has 2 N–H and O–H groups in total. The Morgan fingerprint density at radius 2 is 1.02 bits per heavy atom. The number of alkyl halides is 3. The molecule has 5 saturated heterocycles. The Hall–Kier alpha value is -3.40. The third kappa shape index (κ3) is 14.6. The van der Waals surface area contributed by atoms with E-state index in [0.717, 1.165) is 41.5 Å². The molecule has 0 aromatic carbocycles. The molecule has 27 heteroatoms. The van der Waals surface area contributed by atoms with Crippen molar-refractivity contribution in [3.8, 4) is 0 Å². The van der Waals surface area contributed by atoms with Gasteiger partial charge in [-0.25, -0.2) is 4.79 Å². The van der Waals surface area contributed by atoms with Gasteiger partial charge in [-0.2, -0.15) is 0 Å². The smallest absolute Gasteiger partial charge is 0.407 e. The molecule has 0 radical (unpaired) electrons. The number of amides is 2. The Balaban J connectivity index is 1.60. The first-order chi connectivity index (χ1) is 30.6. The van der Waals surface area contributed by atoms with Gasteiger partial charge in [0.15, 0.2) is 48.8 Å². The number of halogens is 3. The van der Waals surface area contributed by atoms with Crippen LogP contribution in [0.5, 0.6) is 0 Å². The Kier molecular flexibility index (Phi) is 17.8. The molecule has 5 aliphatic heterocycles. The fourth-order valence-corrected chi connectivity index (χ4v) is 8.10. The first-order valence-electron chi connectivity index (χ1n) is 20.6. The molecule has 374 valence electrons. The van der Waals surface area contributed by atoms with Crippen molar-refractivity contribution < 1.29 is 105 Å². The summed E-state index contributed by atoms with van der Waals surface area (Å²) in [5, 5.41) is 5.10. The second-order valence-electron chi connectivity index (χ2n) is 16.6. The molecule has 66 heavy (non-hydrogen) atoms. The van der Waals surface area contributed by atoms with E-state index in [1.807, 2.05) is 0 Å². The maximum atomic E-state index is 13.6.